The van der Waals surface area contributed by atoms with E-state index in [0.717, 1.165) is 19.3 Å². The molecular weight excluding hydrogens is 286 g/mol. The normalized spacial score (nSPS) is 23.2. The van der Waals surface area contributed by atoms with Gasteiger partial charge >= 0.3 is 12.1 Å². The minimum absolute atomic E-state index is 0.00158. The molecular formula is C16H29NO5. The molecule has 1 aliphatic carbocycles. The van der Waals surface area contributed by atoms with Crippen molar-refractivity contribution in [1.29, 1.82) is 0 Å². The summed E-state index contributed by atoms with van der Waals surface area (Å²) >= 11 is 0. The summed E-state index contributed by atoms with van der Waals surface area (Å²) in [4.78, 5) is 24.2. The van der Waals surface area contributed by atoms with E-state index in [1.807, 2.05) is 13.8 Å². The second-order valence-electron chi connectivity index (χ2n) is 7.22. The van der Waals surface area contributed by atoms with Gasteiger partial charge in [0.25, 0.3) is 0 Å². The number of aliphatic hydroxyl groups excluding tert-OH is 1. The quantitative estimate of drug-likeness (QED) is 0.760. The van der Waals surface area contributed by atoms with Crippen LogP contribution in [0.25, 0.3) is 0 Å². The average Bonchev–Trinajstić information content (AvgIpc) is 2.80. The molecule has 1 rings (SSSR count). The number of nitrogens with one attached hydrogen (secondary N) is 1. The van der Waals surface area contributed by atoms with Crippen molar-refractivity contribution in [2.24, 2.45) is 11.8 Å². The summed E-state index contributed by atoms with van der Waals surface area (Å²) in [5, 5.41) is 11.9. The highest BCUT2D eigenvalue weighted by Gasteiger charge is 2.34. The van der Waals surface area contributed by atoms with Crippen LogP contribution in [-0.4, -0.2) is 41.5 Å². The van der Waals surface area contributed by atoms with Crippen LogP contribution in [0.5, 0.6) is 0 Å². The first kappa shape index (κ1) is 18.7. The van der Waals surface area contributed by atoms with E-state index in [0.29, 0.717) is 0 Å². The molecule has 128 valence electrons. The van der Waals surface area contributed by atoms with Crippen molar-refractivity contribution in [3.63, 3.8) is 0 Å². The third kappa shape index (κ3) is 5.83. The Labute approximate surface area is 132 Å². The van der Waals surface area contributed by atoms with E-state index in [2.05, 4.69) is 5.32 Å². The largest absolute Gasteiger partial charge is 0.460 e. The first-order chi connectivity index (χ1) is 10.1. The summed E-state index contributed by atoms with van der Waals surface area (Å²) in [6.45, 7) is 8.98. The van der Waals surface area contributed by atoms with Gasteiger partial charge in [-0.15, -0.1) is 0 Å². The fourth-order valence-corrected chi connectivity index (χ4v) is 2.52. The fourth-order valence-electron chi connectivity index (χ4n) is 2.52. The lowest BCUT2D eigenvalue weighted by Gasteiger charge is -2.26. The monoisotopic (exact) mass is 315 g/mol. The molecule has 0 spiro atoms. The Kier molecular flexibility index (Phi) is 6.66. The van der Waals surface area contributed by atoms with Gasteiger partial charge in [-0.2, -0.15) is 0 Å². The molecule has 0 bridgehead atoms. The van der Waals surface area contributed by atoms with Crippen LogP contribution >= 0.6 is 0 Å². The zero-order chi connectivity index (χ0) is 16.9. The predicted octanol–water partition coefficient (Wildman–Crippen LogP) is 2.24. The molecule has 0 aromatic heterocycles. The van der Waals surface area contributed by atoms with Crippen molar-refractivity contribution >= 4 is 12.1 Å². The lowest BCUT2D eigenvalue weighted by atomic mass is 10.0. The number of amides is 1. The number of rotatable bonds is 5. The maximum Gasteiger partial charge on any atom is 0.408 e. The molecule has 1 fully saturated rings. The first-order valence-corrected chi connectivity index (χ1v) is 7.95. The van der Waals surface area contributed by atoms with Gasteiger partial charge in [0, 0.05) is 12.5 Å². The van der Waals surface area contributed by atoms with E-state index >= 15 is 0 Å². The molecule has 0 radical (unpaired) electrons. The zero-order valence-electron chi connectivity index (χ0n) is 14.2. The molecule has 1 aliphatic rings. The second-order valence-corrected chi connectivity index (χ2v) is 7.22. The first-order valence-electron chi connectivity index (χ1n) is 7.95. The number of hydrogen-bond acceptors (Lipinski definition) is 5. The summed E-state index contributed by atoms with van der Waals surface area (Å²) in [5.74, 6) is -0.585. The smallest absolute Gasteiger partial charge is 0.408 e. The second kappa shape index (κ2) is 7.81. The number of ether oxygens (including phenoxy) is 2. The molecule has 0 aliphatic heterocycles. The third-order valence-corrected chi connectivity index (χ3v) is 3.68. The van der Waals surface area contributed by atoms with Crippen molar-refractivity contribution in [3.05, 3.63) is 0 Å². The van der Waals surface area contributed by atoms with Gasteiger partial charge in [0.2, 0.25) is 0 Å². The van der Waals surface area contributed by atoms with Crippen molar-refractivity contribution in [2.75, 3.05) is 6.61 Å². The highest BCUT2D eigenvalue weighted by Crippen LogP contribution is 2.28. The molecule has 0 aromatic carbocycles. The SMILES string of the molecule is CC(C)[C@H](NC(=O)OC(C)(C)C)C(=O)OC1CCCC1CO. The maximum absolute atomic E-state index is 12.3. The van der Waals surface area contributed by atoms with Gasteiger partial charge in [-0.1, -0.05) is 13.8 Å². The molecule has 0 saturated heterocycles. The summed E-state index contributed by atoms with van der Waals surface area (Å²) in [5.41, 5.74) is -0.622. The van der Waals surface area contributed by atoms with Gasteiger partial charge in [0.1, 0.15) is 17.7 Å². The Morgan fingerprint density at radius 1 is 1.27 bits per heavy atom. The van der Waals surface area contributed by atoms with Crippen LogP contribution in [-0.2, 0) is 14.3 Å². The van der Waals surface area contributed by atoms with E-state index < -0.39 is 23.7 Å². The Morgan fingerprint density at radius 2 is 1.91 bits per heavy atom. The number of carbonyl (C=O) groups excluding carboxylic acids is 2. The maximum atomic E-state index is 12.3. The number of hydrogen-bond donors (Lipinski definition) is 2. The average molecular weight is 315 g/mol. The van der Waals surface area contributed by atoms with Crippen LogP contribution in [0.2, 0.25) is 0 Å². The van der Waals surface area contributed by atoms with Gasteiger partial charge in [-0.3, -0.25) is 0 Å². The number of esters is 1. The fraction of sp³-hybridized carbons (Fsp3) is 0.875. The molecule has 2 unspecified atom stereocenters. The highest BCUT2D eigenvalue weighted by molar-refractivity contribution is 5.81. The number of alkyl carbamates (subject to hydrolysis) is 1. The molecule has 6 heteroatoms. The summed E-state index contributed by atoms with van der Waals surface area (Å²) in [6.07, 6.45) is 1.66. The van der Waals surface area contributed by atoms with E-state index in [-0.39, 0.29) is 24.5 Å². The van der Waals surface area contributed by atoms with Crippen LogP contribution in [0.3, 0.4) is 0 Å². The predicted molar refractivity (Wildman–Crippen MR) is 82.3 cm³/mol. The standard InChI is InChI=1S/C16H29NO5/c1-10(2)13(17-15(20)22-16(3,4)5)14(19)21-12-8-6-7-11(12)9-18/h10-13,18H,6-9H2,1-5H3,(H,17,20)/t11?,12?,13-/m0/s1. The van der Waals surface area contributed by atoms with Gasteiger partial charge in [0.15, 0.2) is 0 Å². The summed E-state index contributed by atoms with van der Waals surface area (Å²) in [6, 6.07) is -0.755. The summed E-state index contributed by atoms with van der Waals surface area (Å²) in [7, 11) is 0. The van der Waals surface area contributed by atoms with Crippen molar-refractivity contribution in [2.45, 2.75) is 71.6 Å². The Hall–Kier alpha value is -1.30. The topological polar surface area (TPSA) is 84.9 Å². The van der Waals surface area contributed by atoms with E-state index in [4.69, 9.17) is 9.47 Å². The summed E-state index contributed by atoms with van der Waals surface area (Å²) < 4.78 is 10.7. The van der Waals surface area contributed by atoms with Crippen LogP contribution in [0.4, 0.5) is 4.79 Å². The van der Waals surface area contributed by atoms with Gasteiger partial charge in [-0.05, 0) is 46.0 Å². The van der Waals surface area contributed by atoms with Gasteiger partial charge in [-0.25, -0.2) is 9.59 Å². The molecule has 6 nitrogen and oxygen atoms in total. The van der Waals surface area contributed by atoms with Crippen molar-refractivity contribution in [3.8, 4) is 0 Å². The van der Waals surface area contributed by atoms with E-state index in [1.165, 1.54) is 0 Å². The van der Waals surface area contributed by atoms with Gasteiger partial charge in [0.05, 0.1) is 0 Å². The zero-order valence-corrected chi connectivity index (χ0v) is 14.2. The molecule has 22 heavy (non-hydrogen) atoms. The lowest BCUT2D eigenvalue weighted by molar-refractivity contribution is -0.155. The molecule has 0 heterocycles. The Morgan fingerprint density at radius 3 is 2.41 bits per heavy atom. The minimum Gasteiger partial charge on any atom is -0.460 e. The Balaban J connectivity index is 2.62. The highest BCUT2D eigenvalue weighted by atomic mass is 16.6. The molecule has 3 atom stereocenters. The number of carbonyl (C=O) groups is 2. The van der Waals surface area contributed by atoms with E-state index in [9.17, 15) is 14.7 Å². The van der Waals surface area contributed by atoms with Crippen LogP contribution in [0.15, 0.2) is 0 Å². The van der Waals surface area contributed by atoms with Crippen LogP contribution in [0, 0.1) is 11.8 Å². The van der Waals surface area contributed by atoms with E-state index in [1.54, 1.807) is 20.8 Å². The van der Waals surface area contributed by atoms with Crippen molar-refractivity contribution in [1.82, 2.24) is 5.32 Å². The lowest BCUT2D eigenvalue weighted by Crippen LogP contribution is -2.48. The minimum atomic E-state index is -0.755. The molecule has 2 N–H and O–H groups in total. The van der Waals surface area contributed by atoms with Crippen LogP contribution in [0.1, 0.15) is 53.9 Å². The van der Waals surface area contributed by atoms with Gasteiger partial charge < -0.3 is 19.9 Å². The Bertz CT molecular complexity index is 388. The molecule has 1 saturated carbocycles. The molecule has 0 aromatic rings. The number of aliphatic hydroxyl groups is 1. The van der Waals surface area contributed by atoms with Crippen LogP contribution < -0.4 is 5.32 Å². The molecule has 1 amide bonds. The van der Waals surface area contributed by atoms with Crippen molar-refractivity contribution < 1.29 is 24.2 Å². The third-order valence-electron chi connectivity index (χ3n) is 3.68.